The van der Waals surface area contributed by atoms with Crippen molar-refractivity contribution in [1.82, 2.24) is 0 Å². The third kappa shape index (κ3) is 4.91. The molecule has 3 N–H and O–H groups in total. The van der Waals surface area contributed by atoms with Crippen LogP contribution in [-0.2, 0) is 0 Å². The number of nitrogens with two attached hydrogens (primary N) is 1. The van der Waals surface area contributed by atoms with Gasteiger partial charge in [0.1, 0.15) is 4.99 Å². The highest BCUT2D eigenvalue weighted by Gasteiger charge is 2.26. The SMILES string of the molecule is NC(=S)c1ccc(Br)cc1NCCC(F)(F)F. The monoisotopic (exact) mass is 326 g/mol. The summed E-state index contributed by atoms with van der Waals surface area (Å²) in [7, 11) is 0. The Hall–Kier alpha value is -0.820. The topological polar surface area (TPSA) is 38.0 Å². The minimum Gasteiger partial charge on any atom is -0.389 e. The van der Waals surface area contributed by atoms with Crippen molar-refractivity contribution in [2.45, 2.75) is 12.6 Å². The van der Waals surface area contributed by atoms with Gasteiger partial charge in [-0.2, -0.15) is 13.2 Å². The van der Waals surface area contributed by atoms with E-state index in [1.165, 1.54) is 0 Å². The lowest BCUT2D eigenvalue weighted by atomic mass is 10.1. The Bertz CT molecular complexity index is 421. The number of benzene rings is 1. The highest BCUT2D eigenvalue weighted by atomic mass is 79.9. The van der Waals surface area contributed by atoms with E-state index in [2.05, 4.69) is 21.2 Å². The summed E-state index contributed by atoms with van der Waals surface area (Å²) in [6, 6.07) is 5.02. The molecule has 0 saturated carbocycles. The van der Waals surface area contributed by atoms with Crippen LogP contribution < -0.4 is 11.1 Å². The van der Waals surface area contributed by atoms with Crippen LogP contribution in [0.1, 0.15) is 12.0 Å². The van der Waals surface area contributed by atoms with Gasteiger partial charge in [0.25, 0.3) is 0 Å². The molecule has 17 heavy (non-hydrogen) atoms. The summed E-state index contributed by atoms with van der Waals surface area (Å²) in [6.45, 7) is -0.213. The van der Waals surface area contributed by atoms with E-state index in [9.17, 15) is 13.2 Å². The van der Waals surface area contributed by atoms with Crippen LogP contribution in [0.4, 0.5) is 18.9 Å². The van der Waals surface area contributed by atoms with Crippen molar-refractivity contribution >= 4 is 38.8 Å². The van der Waals surface area contributed by atoms with Crippen LogP contribution >= 0.6 is 28.1 Å². The first kappa shape index (κ1) is 14.2. The number of alkyl halides is 3. The molecular formula is C10H10BrF3N2S. The molecule has 7 heteroatoms. The molecule has 0 aliphatic carbocycles. The lowest BCUT2D eigenvalue weighted by molar-refractivity contribution is -0.131. The Kier molecular flexibility index (Phi) is 4.76. The average molecular weight is 327 g/mol. The predicted molar refractivity (Wildman–Crippen MR) is 69.2 cm³/mol. The van der Waals surface area contributed by atoms with Gasteiger partial charge in [0.2, 0.25) is 0 Å². The van der Waals surface area contributed by atoms with Gasteiger partial charge in [-0.05, 0) is 18.2 Å². The van der Waals surface area contributed by atoms with Crippen molar-refractivity contribution < 1.29 is 13.2 Å². The zero-order valence-corrected chi connectivity index (χ0v) is 11.0. The normalized spacial score (nSPS) is 11.3. The molecule has 2 nitrogen and oxygen atoms in total. The molecular weight excluding hydrogens is 317 g/mol. The van der Waals surface area contributed by atoms with Crippen LogP contribution in [0.5, 0.6) is 0 Å². The fourth-order valence-corrected chi connectivity index (χ4v) is 1.76. The number of thiocarbonyl (C=S) groups is 1. The molecule has 94 valence electrons. The van der Waals surface area contributed by atoms with Crippen molar-refractivity contribution in [3.05, 3.63) is 28.2 Å². The van der Waals surface area contributed by atoms with Crippen molar-refractivity contribution in [1.29, 1.82) is 0 Å². The van der Waals surface area contributed by atoms with Crippen LogP contribution in [0.15, 0.2) is 22.7 Å². The molecule has 0 aliphatic rings. The zero-order valence-electron chi connectivity index (χ0n) is 8.64. The molecule has 0 saturated heterocycles. The van der Waals surface area contributed by atoms with Gasteiger partial charge in [0.05, 0.1) is 6.42 Å². The highest BCUT2D eigenvalue weighted by Crippen LogP contribution is 2.23. The molecule has 0 radical (unpaired) electrons. The van der Waals surface area contributed by atoms with Crippen LogP contribution in [0.2, 0.25) is 0 Å². The minimum absolute atomic E-state index is 0.145. The van der Waals surface area contributed by atoms with E-state index in [-0.39, 0.29) is 11.5 Å². The third-order valence-electron chi connectivity index (χ3n) is 1.97. The van der Waals surface area contributed by atoms with Crippen molar-refractivity contribution in [3.8, 4) is 0 Å². The predicted octanol–water partition coefficient (Wildman–Crippen LogP) is 3.45. The van der Waals surface area contributed by atoms with Gasteiger partial charge in [-0.25, -0.2) is 0 Å². The summed E-state index contributed by atoms with van der Waals surface area (Å²) < 4.78 is 36.7. The highest BCUT2D eigenvalue weighted by molar-refractivity contribution is 9.10. The maximum atomic E-state index is 12.0. The number of hydrogen-bond acceptors (Lipinski definition) is 2. The molecule has 0 aliphatic heterocycles. The Morgan fingerprint density at radius 1 is 1.41 bits per heavy atom. The van der Waals surface area contributed by atoms with E-state index in [4.69, 9.17) is 18.0 Å². The Morgan fingerprint density at radius 2 is 2.06 bits per heavy atom. The average Bonchev–Trinajstić information content (AvgIpc) is 2.15. The summed E-state index contributed by atoms with van der Waals surface area (Å²) in [5.41, 5.74) is 6.51. The largest absolute Gasteiger partial charge is 0.390 e. The molecule has 0 unspecified atom stereocenters. The molecule has 0 fully saturated rings. The number of nitrogens with one attached hydrogen (secondary N) is 1. The quantitative estimate of drug-likeness (QED) is 0.832. The molecule has 0 aromatic heterocycles. The van der Waals surface area contributed by atoms with Crippen LogP contribution in [0.25, 0.3) is 0 Å². The van der Waals surface area contributed by atoms with Crippen molar-refractivity contribution in [2.75, 3.05) is 11.9 Å². The van der Waals surface area contributed by atoms with Crippen LogP contribution in [0, 0.1) is 0 Å². The standard InChI is InChI=1S/C10H10BrF3N2S/c11-6-1-2-7(9(15)17)8(5-6)16-4-3-10(12,13)14/h1-2,5,16H,3-4H2,(H2,15,17). The smallest absolute Gasteiger partial charge is 0.389 e. The number of halogens is 4. The molecule has 0 bridgehead atoms. The number of hydrogen-bond donors (Lipinski definition) is 2. The van der Waals surface area contributed by atoms with E-state index in [0.29, 0.717) is 11.3 Å². The molecule has 0 atom stereocenters. The summed E-state index contributed by atoms with van der Waals surface area (Å²) in [6.07, 6.45) is -5.08. The first-order chi connectivity index (χ1) is 7.79. The Balaban J connectivity index is 2.75. The van der Waals surface area contributed by atoms with E-state index < -0.39 is 12.6 Å². The van der Waals surface area contributed by atoms with Crippen LogP contribution in [0.3, 0.4) is 0 Å². The summed E-state index contributed by atoms with van der Waals surface area (Å²) >= 11 is 8.05. The molecule has 1 aromatic carbocycles. The first-order valence-electron chi connectivity index (χ1n) is 4.69. The fraction of sp³-hybridized carbons (Fsp3) is 0.300. The van der Waals surface area contributed by atoms with E-state index in [1.807, 2.05) is 0 Å². The summed E-state index contributed by atoms with van der Waals surface area (Å²) in [5.74, 6) is 0. The zero-order chi connectivity index (χ0) is 13.1. The van der Waals surface area contributed by atoms with Gasteiger partial charge in [0, 0.05) is 22.3 Å². The van der Waals surface area contributed by atoms with E-state index >= 15 is 0 Å². The maximum absolute atomic E-state index is 12.0. The van der Waals surface area contributed by atoms with Gasteiger partial charge in [-0.1, -0.05) is 28.1 Å². The van der Waals surface area contributed by atoms with Gasteiger partial charge in [0.15, 0.2) is 0 Å². The molecule has 1 rings (SSSR count). The minimum atomic E-state index is -4.18. The van der Waals surface area contributed by atoms with Crippen molar-refractivity contribution in [2.24, 2.45) is 5.73 Å². The second-order valence-corrected chi connectivity index (χ2v) is 4.70. The Labute approximate surface area is 111 Å². The van der Waals surface area contributed by atoms with Gasteiger partial charge < -0.3 is 11.1 Å². The first-order valence-corrected chi connectivity index (χ1v) is 5.90. The van der Waals surface area contributed by atoms with Gasteiger partial charge >= 0.3 is 6.18 Å². The summed E-state index contributed by atoms with van der Waals surface area (Å²) in [5, 5.41) is 2.67. The lowest BCUT2D eigenvalue weighted by Crippen LogP contribution is -2.17. The van der Waals surface area contributed by atoms with E-state index in [1.54, 1.807) is 18.2 Å². The molecule has 0 amide bonds. The van der Waals surface area contributed by atoms with Crippen LogP contribution in [-0.4, -0.2) is 17.7 Å². The van der Waals surface area contributed by atoms with E-state index in [0.717, 1.165) is 4.47 Å². The summed E-state index contributed by atoms with van der Waals surface area (Å²) in [4.78, 5) is 0.145. The number of rotatable bonds is 4. The Morgan fingerprint density at radius 3 is 2.59 bits per heavy atom. The molecule has 0 spiro atoms. The van der Waals surface area contributed by atoms with Gasteiger partial charge in [-0.15, -0.1) is 0 Å². The second-order valence-electron chi connectivity index (χ2n) is 3.35. The van der Waals surface area contributed by atoms with Crippen molar-refractivity contribution in [3.63, 3.8) is 0 Å². The second kappa shape index (κ2) is 5.68. The molecule has 0 heterocycles. The maximum Gasteiger partial charge on any atom is 0.390 e. The lowest BCUT2D eigenvalue weighted by Gasteiger charge is -2.12. The third-order valence-corrected chi connectivity index (χ3v) is 2.68. The fourth-order valence-electron chi connectivity index (χ4n) is 1.22. The number of anilines is 1. The molecule has 1 aromatic rings. The van der Waals surface area contributed by atoms with Gasteiger partial charge in [-0.3, -0.25) is 0 Å².